The van der Waals surface area contributed by atoms with Crippen LogP contribution in [0.2, 0.25) is 0 Å². The summed E-state index contributed by atoms with van der Waals surface area (Å²) in [5.41, 5.74) is 2.76. The molecule has 100 valence electrons. The molecule has 1 fully saturated rings. The Labute approximate surface area is 111 Å². The molecular weight excluding hydrogens is 222 g/mol. The number of para-hydroxylation sites is 1. The van der Waals surface area contributed by atoms with E-state index >= 15 is 0 Å². The molecule has 2 nitrogen and oxygen atoms in total. The van der Waals surface area contributed by atoms with Crippen molar-refractivity contribution in [2.45, 2.75) is 58.1 Å². The quantitative estimate of drug-likeness (QED) is 0.849. The fourth-order valence-corrected chi connectivity index (χ4v) is 2.66. The number of hydrogen-bond donors (Lipinski definition) is 1. The van der Waals surface area contributed by atoms with Gasteiger partial charge >= 0.3 is 0 Å². The molecule has 0 spiro atoms. The fourth-order valence-electron chi connectivity index (χ4n) is 2.66. The van der Waals surface area contributed by atoms with E-state index in [1.807, 2.05) is 0 Å². The van der Waals surface area contributed by atoms with Gasteiger partial charge < -0.3 is 10.1 Å². The summed E-state index contributed by atoms with van der Waals surface area (Å²) in [4.78, 5) is 0. The lowest BCUT2D eigenvalue weighted by atomic mass is 10.00. The first-order valence-electron chi connectivity index (χ1n) is 7.29. The van der Waals surface area contributed by atoms with Crippen LogP contribution in [0.25, 0.3) is 0 Å². The summed E-state index contributed by atoms with van der Waals surface area (Å²) < 4.78 is 5.73. The molecule has 1 aromatic carbocycles. The third kappa shape index (κ3) is 3.49. The zero-order chi connectivity index (χ0) is 12.8. The van der Waals surface area contributed by atoms with Crippen molar-refractivity contribution < 1.29 is 4.74 Å². The summed E-state index contributed by atoms with van der Waals surface area (Å²) in [7, 11) is 0. The van der Waals surface area contributed by atoms with E-state index < -0.39 is 0 Å². The van der Waals surface area contributed by atoms with Crippen molar-refractivity contribution in [3.05, 3.63) is 29.8 Å². The molecule has 18 heavy (non-hydrogen) atoms. The highest BCUT2D eigenvalue weighted by Gasteiger charge is 2.21. The SMILES string of the molecule is CCCc1ccccc1NC1CCOC(CC)C1. The number of benzene rings is 1. The van der Waals surface area contributed by atoms with Gasteiger partial charge in [0.25, 0.3) is 0 Å². The topological polar surface area (TPSA) is 21.3 Å². The smallest absolute Gasteiger partial charge is 0.0592 e. The Balaban J connectivity index is 1.99. The molecule has 1 saturated heterocycles. The molecule has 1 N–H and O–H groups in total. The first-order valence-corrected chi connectivity index (χ1v) is 7.29. The average Bonchev–Trinajstić information content (AvgIpc) is 2.41. The van der Waals surface area contributed by atoms with Crippen LogP contribution in [-0.4, -0.2) is 18.8 Å². The van der Waals surface area contributed by atoms with E-state index in [2.05, 4.69) is 43.4 Å². The second-order valence-corrected chi connectivity index (χ2v) is 5.17. The Morgan fingerprint density at radius 2 is 2.11 bits per heavy atom. The average molecular weight is 247 g/mol. The fraction of sp³-hybridized carbons (Fsp3) is 0.625. The Morgan fingerprint density at radius 1 is 1.28 bits per heavy atom. The first kappa shape index (κ1) is 13.4. The van der Waals surface area contributed by atoms with Gasteiger partial charge in [-0.3, -0.25) is 0 Å². The maximum atomic E-state index is 5.73. The molecule has 1 aliphatic heterocycles. The van der Waals surface area contributed by atoms with Gasteiger partial charge in [-0.05, 0) is 37.3 Å². The third-order valence-electron chi connectivity index (χ3n) is 3.72. The van der Waals surface area contributed by atoms with Crippen LogP contribution in [0, 0.1) is 0 Å². The minimum atomic E-state index is 0.439. The molecule has 0 saturated carbocycles. The molecule has 2 unspecified atom stereocenters. The number of anilines is 1. The zero-order valence-corrected chi connectivity index (χ0v) is 11.6. The van der Waals surface area contributed by atoms with E-state index in [1.54, 1.807) is 0 Å². The van der Waals surface area contributed by atoms with E-state index in [1.165, 1.54) is 17.7 Å². The molecule has 0 amide bonds. The summed E-state index contributed by atoms with van der Waals surface area (Å²) in [5, 5.41) is 3.72. The van der Waals surface area contributed by atoms with E-state index in [4.69, 9.17) is 4.74 Å². The summed E-state index contributed by atoms with van der Waals surface area (Å²) in [6, 6.07) is 9.28. The highest BCUT2D eigenvalue weighted by atomic mass is 16.5. The van der Waals surface area contributed by atoms with Crippen LogP contribution in [0.15, 0.2) is 24.3 Å². The van der Waals surface area contributed by atoms with E-state index in [0.29, 0.717) is 12.1 Å². The van der Waals surface area contributed by atoms with Crippen LogP contribution in [0.3, 0.4) is 0 Å². The van der Waals surface area contributed by atoms with E-state index in [-0.39, 0.29) is 0 Å². The molecule has 0 aromatic heterocycles. The number of aryl methyl sites for hydroxylation is 1. The molecular formula is C16H25NO. The van der Waals surface area contributed by atoms with Gasteiger partial charge in [-0.25, -0.2) is 0 Å². The zero-order valence-electron chi connectivity index (χ0n) is 11.6. The summed E-state index contributed by atoms with van der Waals surface area (Å²) in [6.07, 6.45) is 6.17. The number of hydrogen-bond acceptors (Lipinski definition) is 2. The number of rotatable bonds is 5. The molecule has 0 bridgehead atoms. The number of ether oxygens (including phenoxy) is 1. The molecule has 0 radical (unpaired) electrons. The molecule has 2 atom stereocenters. The van der Waals surface area contributed by atoms with Gasteiger partial charge in [0.1, 0.15) is 0 Å². The van der Waals surface area contributed by atoms with Crippen LogP contribution < -0.4 is 5.32 Å². The minimum absolute atomic E-state index is 0.439. The Bertz CT molecular complexity index is 364. The van der Waals surface area contributed by atoms with Gasteiger partial charge in [0.05, 0.1) is 6.10 Å². The third-order valence-corrected chi connectivity index (χ3v) is 3.72. The molecule has 0 aliphatic carbocycles. The van der Waals surface area contributed by atoms with E-state index in [9.17, 15) is 0 Å². The lowest BCUT2D eigenvalue weighted by Crippen LogP contribution is -2.33. The van der Waals surface area contributed by atoms with Gasteiger partial charge in [0.15, 0.2) is 0 Å². The number of nitrogens with one attached hydrogen (secondary N) is 1. The molecule has 2 rings (SSSR count). The van der Waals surface area contributed by atoms with E-state index in [0.717, 1.165) is 32.3 Å². The minimum Gasteiger partial charge on any atom is -0.382 e. The molecule has 1 aromatic rings. The summed E-state index contributed by atoms with van der Waals surface area (Å²) in [6.45, 7) is 5.34. The van der Waals surface area contributed by atoms with Crippen molar-refractivity contribution in [1.29, 1.82) is 0 Å². The largest absolute Gasteiger partial charge is 0.382 e. The first-order chi connectivity index (χ1) is 8.83. The predicted molar refractivity (Wildman–Crippen MR) is 77.1 cm³/mol. The highest BCUT2D eigenvalue weighted by molar-refractivity contribution is 5.51. The van der Waals surface area contributed by atoms with Crippen molar-refractivity contribution in [1.82, 2.24) is 0 Å². The maximum absolute atomic E-state index is 5.73. The predicted octanol–water partition coefficient (Wildman–Crippen LogP) is 4.01. The van der Waals surface area contributed by atoms with Crippen molar-refractivity contribution >= 4 is 5.69 Å². The van der Waals surface area contributed by atoms with Gasteiger partial charge in [0, 0.05) is 18.3 Å². The van der Waals surface area contributed by atoms with Crippen LogP contribution in [0.5, 0.6) is 0 Å². The normalized spacial score (nSPS) is 23.9. The monoisotopic (exact) mass is 247 g/mol. The highest BCUT2D eigenvalue weighted by Crippen LogP contribution is 2.23. The lowest BCUT2D eigenvalue weighted by molar-refractivity contribution is 0.00924. The summed E-state index contributed by atoms with van der Waals surface area (Å²) in [5.74, 6) is 0. The molecule has 1 heterocycles. The summed E-state index contributed by atoms with van der Waals surface area (Å²) >= 11 is 0. The lowest BCUT2D eigenvalue weighted by Gasteiger charge is -2.30. The molecule has 2 heteroatoms. The van der Waals surface area contributed by atoms with Crippen LogP contribution in [0.1, 0.15) is 45.1 Å². The van der Waals surface area contributed by atoms with Gasteiger partial charge in [-0.2, -0.15) is 0 Å². The van der Waals surface area contributed by atoms with Gasteiger partial charge in [-0.15, -0.1) is 0 Å². The molecule has 1 aliphatic rings. The Hall–Kier alpha value is -1.02. The van der Waals surface area contributed by atoms with Gasteiger partial charge in [0.2, 0.25) is 0 Å². The Morgan fingerprint density at radius 3 is 2.89 bits per heavy atom. The van der Waals surface area contributed by atoms with Crippen molar-refractivity contribution in [2.24, 2.45) is 0 Å². The standard InChI is InChI=1S/C16H25NO/c1-3-7-13-8-5-6-9-16(13)17-14-10-11-18-15(4-2)12-14/h5-6,8-9,14-15,17H,3-4,7,10-12H2,1-2H3. The second kappa shape index (κ2) is 6.79. The Kier molecular flexibility index (Phi) is 5.06. The van der Waals surface area contributed by atoms with Crippen molar-refractivity contribution in [3.63, 3.8) is 0 Å². The second-order valence-electron chi connectivity index (χ2n) is 5.17. The van der Waals surface area contributed by atoms with Crippen LogP contribution in [-0.2, 0) is 11.2 Å². The van der Waals surface area contributed by atoms with Crippen molar-refractivity contribution in [3.8, 4) is 0 Å². The van der Waals surface area contributed by atoms with Crippen LogP contribution >= 0.6 is 0 Å². The van der Waals surface area contributed by atoms with Gasteiger partial charge in [-0.1, -0.05) is 38.5 Å². The van der Waals surface area contributed by atoms with Crippen molar-refractivity contribution in [2.75, 3.05) is 11.9 Å². The van der Waals surface area contributed by atoms with Crippen LogP contribution in [0.4, 0.5) is 5.69 Å². The maximum Gasteiger partial charge on any atom is 0.0592 e.